The fourth-order valence-electron chi connectivity index (χ4n) is 2.57. The van der Waals surface area contributed by atoms with Gasteiger partial charge in [0.25, 0.3) is 17.5 Å². The summed E-state index contributed by atoms with van der Waals surface area (Å²) in [5.41, 5.74) is 3.27. The van der Waals surface area contributed by atoms with Crippen molar-refractivity contribution in [3.63, 3.8) is 0 Å². The van der Waals surface area contributed by atoms with E-state index in [1.807, 2.05) is 0 Å². The molecule has 0 bridgehead atoms. The fourth-order valence-corrected chi connectivity index (χ4v) is 2.57. The van der Waals surface area contributed by atoms with Crippen molar-refractivity contribution in [3.8, 4) is 17.2 Å². The van der Waals surface area contributed by atoms with Crippen LogP contribution in [-0.4, -0.2) is 50.3 Å². The summed E-state index contributed by atoms with van der Waals surface area (Å²) in [5.74, 6) is -0.174. The highest BCUT2D eigenvalue weighted by molar-refractivity contribution is 6.00. The van der Waals surface area contributed by atoms with Gasteiger partial charge in [-0.3, -0.25) is 19.7 Å². The minimum Gasteiger partial charge on any atom is -0.493 e. The Bertz CT molecular complexity index is 995. The number of methoxy groups -OCH3 is 3. The Morgan fingerprint density at radius 2 is 1.68 bits per heavy atom. The maximum Gasteiger partial charge on any atom is 0.270 e. The van der Waals surface area contributed by atoms with Gasteiger partial charge in [-0.25, -0.2) is 5.43 Å². The second kappa shape index (κ2) is 10.6. The van der Waals surface area contributed by atoms with Gasteiger partial charge >= 0.3 is 0 Å². The average Bonchev–Trinajstić information content (AvgIpc) is 2.79. The molecule has 2 N–H and O–H groups in total. The van der Waals surface area contributed by atoms with Gasteiger partial charge < -0.3 is 19.5 Å². The minimum absolute atomic E-state index is 0.0870. The normalized spacial score (nSPS) is 10.8. The van der Waals surface area contributed by atoms with Crippen molar-refractivity contribution in [1.82, 2.24) is 10.7 Å². The van der Waals surface area contributed by atoms with Crippen LogP contribution in [0.25, 0.3) is 0 Å². The first-order valence-electron chi connectivity index (χ1n) is 8.96. The lowest BCUT2D eigenvalue weighted by Gasteiger charge is -2.14. The van der Waals surface area contributed by atoms with Crippen LogP contribution in [0.4, 0.5) is 5.69 Å². The third kappa shape index (κ3) is 5.92. The van der Waals surface area contributed by atoms with Crippen molar-refractivity contribution < 1.29 is 28.7 Å². The average molecular weight is 430 g/mol. The minimum atomic E-state index is -0.578. The zero-order valence-electron chi connectivity index (χ0n) is 17.4. The van der Waals surface area contributed by atoms with E-state index < -0.39 is 16.7 Å². The molecule has 0 aromatic heterocycles. The van der Waals surface area contributed by atoms with Crippen molar-refractivity contribution in [2.75, 3.05) is 27.9 Å². The number of carbonyl (C=O) groups excluding carboxylic acids is 2. The molecular weight excluding hydrogens is 408 g/mol. The number of nitro benzene ring substituents is 1. The predicted molar refractivity (Wildman–Crippen MR) is 112 cm³/mol. The molecule has 0 heterocycles. The predicted octanol–water partition coefficient (Wildman–Crippen LogP) is 1.89. The highest BCUT2D eigenvalue weighted by atomic mass is 16.6. The molecule has 0 unspecified atom stereocenters. The molecule has 11 nitrogen and oxygen atoms in total. The standard InChI is InChI=1S/C20H22N4O7/c1-12(13-6-5-7-15(8-13)24(27)28)22-23-18(25)11-21-20(26)14-9-16(29-2)19(31-4)17(10-14)30-3/h5-10H,11H2,1-4H3,(H,21,26)(H,23,25)/b22-12-. The molecule has 0 radical (unpaired) electrons. The Balaban J connectivity index is 2.01. The van der Waals surface area contributed by atoms with Gasteiger partial charge in [-0.2, -0.15) is 5.10 Å². The van der Waals surface area contributed by atoms with Crippen LogP contribution in [0, 0.1) is 10.1 Å². The van der Waals surface area contributed by atoms with Crippen molar-refractivity contribution in [3.05, 3.63) is 57.6 Å². The zero-order chi connectivity index (χ0) is 23.0. The van der Waals surface area contributed by atoms with E-state index in [1.54, 1.807) is 13.0 Å². The molecule has 2 aromatic carbocycles. The maximum atomic E-state index is 12.4. The number of nitro groups is 1. The van der Waals surface area contributed by atoms with E-state index >= 15 is 0 Å². The van der Waals surface area contributed by atoms with Crippen LogP contribution in [0.5, 0.6) is 17.2 Å². The Kier molecular flexibility index (Phi) is 7.89. The molecule has 164 valence electrons. The number of hydrogen-bond acceptors (Lipinski definition) is 8. The Labute approximate surface area is 178 Å². The van der Waals surface area contributed by atoms with Crippen LogP contribution in [0.2, 0.25) is 0 Å². The number of nitrogens with zero attached hydrogens (tertiary/aromatic N) is 2. The lowest BCUT2D eigenvalue weighted by molar-refractivity contribution is -0.384. The van der Waals surface area contributed by atoms with E-state index in [-0.39, 0.29) is 17.8 Å². The van der Waals surface area contributed by atoms with Crippen molar-refractivity contribution in [1.29, 1.82) is 0 Å². The number of carbonyl (C=O) groups is 2. The largest absolute Gasteiger partial charge is 0.493 e. The lowest BCUT2D eigenvalue weighted by Crippen LogP contribution is -2.35. The van der Waals surface area contributed by atoms with E-state index in [2.05, 4.69) is 15.8 Å². The fraction of sp³-hybridized carbons (Fsp3) is 0.250. The van der Waals surface area contributed by atoms with E-state index in [4.69, 9.17) is 14.2 Å². The first-order chi connectivity index (χ1) is 14.8. The van der Waals surface area contributed by atoms with Crippen LogP contribution < -0.4 is 25.0 Å². The van der Waals surface area contributed by atoms with Crippen LogP contribution in [-0.2, 0) is 4.79 Å². The molecule has 0 spiro atoms. The van der Waals surface area contributed by atoms with Crippen molar-refractivity contribution in [2.24, 2.45) is 5.10 Å². The van der Waals surface area contributed by atoms with E-state index in [0.29, 0.717) is 28.5 Å². The van der Waals surface area contributed by atoms with E-state index in [9.17, 15) is 19.7 Å². The van der Waals surface area contributed by atoms with Crippen molar-refractivity contribution in [2.45, 2.75) is 6.92 Å². The summed E-state index contributed by atoms with van der Waals surface area (Å²) in [6.07, 6.45) is 0. The number of rotatable bonds is 9. The molecule has 2 amide bonds. The number of ether oxygens (including phenoxy) is 3. The molecule has 0 fully saturated rings. The molecule has 31 heavy (non-hydrogen) atoms. The second-order valence-electron chi connectivity index (χ2n) is 6.14. The third-order valence-corrected chi connectivity index (χ3v) is 4.16. The molecule has 0 aliphatic heterocycles. The van der Waals surface area contributed by atoms with Crippen LogP contribution in [0.1, 0.15) is 22.8 Å². The van der Waals surface area contributed by atoms with Gasteiger partial charge in [0, 0.05) is 23.3 Å². The summed E-state index contributed by atoms with van der Waals surface area (Å²) < 4.78 is 15.6. The van der Waals surface area contributed by atoms with Gasteiger partial charge in [-0.05, 0) is 19.1 Å². The summed E-state index contributed by atoms with van der Waals surface area (Å²) in [7, 11) is 4.29. The number of nitrogens with one attached hydrogen (secondary N) is 2. The third-order valence-electron chi connectivity index (χ3n) is 4.16. The van der Waals surface area contributed by atoms with Crippen molar-refractivity contribution >= 4 is 23.2 Å². The van der Waals surface area contributed by atoms with Gasteiger partial charge in [0.2, 0.25) is 5.75 Å². The summed E-state index contributed by atoms with van der Waals surface area (Å²) >= 11 is 0. The molecule has 2 rings (SSSR count). The van der Waals surface area contributed by atoms with Gasteiger partial charge in [-0.1, -0.05) is 12.1 Å². The molecule has 2 aromatic rings. The number of hydrazone groups is 1. The Morgan fingerprint density at radius 1 is 1.03 bits per heavy atom. The van der Waals surface area contributed by atoms with Gasteiger partial charge in [0.15, 0.2) is 11.5 Å². The Hall–Kier alpha value is -4.15. The smallest absolute Gasteiger partial charge is 0.270 e. The number of amides is 2. The number of hydrogen-bond donors (Lipinski definition) is 2. The van der Waals surface area contributed by atoms with E-state index in [0.717, 1.165) is 0 Å². The molecule has 0 aliphatic carbocycles. The first-order valence-corrected chi connectivity index (χ1v) is 8.96. The summed E-state index contributed by atoms with van der Waals surface area (Å²) in [5, 5.41) is 17.2. The summed E-state index contributed by atoms with van der Waals surface area (Å²) in [6.45, 7) is 1.25. The second-order valence-corrected chi connectivity index (χ2v) is 6.14. The van der Waals surface area contributed by atoms with Gasteiger partial charge in [0.05, 0.1) is 38.5 Å². The highest BCUT2D eigenvalue weighted by Crippen LogP contribution is 2.38. The van der Waals surface area contributed by atoms with Crippen LogP contribution in [0.3, 0.4) is 0 Å². The van der Waals surface area contributed by atoms with Gasteiger partial charge in [-0.15, -0.1) is 0 Å². The molecule has 0 saturated heterocycles. The SMILES string of the molecule is COc1cc(C(=O)NCC(=O)N/N=C(/C)c2cccc([N+](=O)[O-])c2)cc(OC)c1OC. The van der Waals surface area contributed by atoms with Crippen LogP contribution in [0.15, 0.2) is 41.5 Å². The quantitative estimate of drug-likeness (QED) is 0.351. The molecular formula is C20H22N4O7. The van der Waals surface area contributed by atoms with Gasteiger partial charge in [0.1, 0.15) is 0 Å². The summed E-state index contributed by atoms with van der Waals surface area (Å²) in [4.78, 5) is 34.8. The lowest BCUT2D eigenvalue weighted by atomic mass is 10.1. The number of non-ortho nitro benzene ring substituents is 1. The number of benzene rings is 2. The molecule has 0 saturated carbocycles. The first kappa shape index (κ1) is 23.1. The monoisotopic (exact) mass is 430 g/mol. The van der Waals surface area contributed by atoms with Crippen LogP contribution >= 0.6 is 0 Å². The summed E-state index contributed by atoms with van der Waals surface area (Å²) in [6, 6.07) is 8.76. The maximum absolute atomic E-state index is 12.4. The Morgan fingerprint density at radius 3 is 2.23 bits per heavy atom. The highest BCUT2D eigenvalue weighted by Gasteiger charge is 2.17. The molecule has 11 heteroatoms. The topological polar surface area (TPSA) is 141 Å². The van der Waals surface area contributed by atoms with E-state index in [1.165, 1.54) is 51.7 Å². The molecule has 0 aliphatic rings. The zero-order valence-corrected chi connectivity index (χ0v) is 17.4. The molecule has 0 atom stereocenters.